The van der Waals surface area contributed by atoms with E-state index in [1.165, 1.54) is 5.69 Å². The number of nitrogens with one attached hydrogen (secondary N) is 2. The van der Waals surface area contributed by atoms with Gasteiger partial charge in [-0.15, -0.1) is 0 Å². The van der Waals surface area contributed by atoms with E-state index in [-0.39, 0.29) is 0 Å². The van der Waals surface area contributed by atoms with E-state index < -0.39 is 0 Å². The van der Waals surface area contributed by atoms with Gasteiger partial charge in [0.1, 0.15) is 0 Å². The molecule has 2 N–H and O–H groups in total. The standard InChI is InChI=1S/C20H24N4OS/c1-15-4-3-5-16(2)19(15)22-20(26)23-21-14-17-6-8-18(9-7-17)24-10-12-25-13-11-24/h3-9,14H,10-13H2,1-2H3,(H2,22,23,26)/b21-14+. The van der Waals surface area contributed by atoms with Crippen molar-refractivity contribution in [3.05, 3.63) is 59.2 Å². The molecular weight excluding hydrogens is 344 g/mol. The van der Waals surface area contributed by atoms with Crippen molar-refractivity contribution >= 4 is 34.9 Å². The van der Waals surface area contributed by atoms with Crippen LogP contribution in [0.2, 0.25) is 0 Å². The molecule has 0 saturated carbocycles. The SMILES string of the molecule is Cc1cccc(C)c1NC(=S)N/N=C/c1ccc(N2CCOCC2)cc1. The van der Waals surface area contributed by atoms with Crippen LogP contribution in [0.15, 0.2) is 47.6 Å². The third kappa shape index (κ3) is 4.80. The van der Waals surface area contributed by atoms with E-state index in [0.717, 1.165) is 48.7 Å². The van der Waals surface area contributed by atoms with Crippen molar-refractivity contribution in [1.82, 2.24) is 5.43 Å². The van der Waals surface area contributed by atoms with Gasteiger partial charge < -0.3 is 15.0 Å². The minimum atomic E-state index is 0.476. The molecule has 1 saturated heterocycles. The lowest BCUT2D eigenvalue weighted by atomic mass is 10.1. The highest BCUT2D eigenvalue weighted by Crippen LogP contribution is 2.19. The van der Waals surface area contributed by atoms with Crippen LogP contribution in [-0.4, -0.2) is 37.6 Å². The first-order valence-corrected chi connectivity index (χ1v) is 9.13. The lowest BCUT2D eigenvalue weighted by molar-refractivity contribution is 0.122. The molecular formula is C20H24N4OS. The summed E-state index contributed by atoms with van der Waals surface area (Å²) in [6, 6.07) is 14.5. The molecule has 0 radical (unpaired) electrons. The second kappa shape index (κ2) is 8.78. The predicted molar refractivity (Wildman–Crippen MR) is 112 cm³/mol. The van der Waals surface area contributed by atoms with Gasteiger partial charge in [0, 0.05) is 24.5 Å². The summed E-state index contributed by atoms with van der Waals surface area (Å²) in [7, 11) is 0. The molecule has 5 nitrogen and oxygen atoms in total. The number of morpholine rings is 1. The number of ether oxygens (including phenoxy) is 1. The molecule has 1 heterocycles. The summed E-state index contributed by atoms with van der Waals surface area (Å²) in [6.07, 6.45) is 1.77. The molecule has 1 aliphatic heterocycles. The Labute approximate surface area is 160 Å². The van der Waals surface area contributed by atoms with Crippen molar-refractivity contribution in [2.24, 2.45) is 5.10 Å². The molecule has 1 fully saturated rings. The summed E-state index contributed by atoms with van der Waals surface area (Å²) in [5.74, 6) is 0. The topological polar surface area (TPSA) is 48.9 Å². The Morgan fingerprint density at radius 3 is 2.38 bits per heavy atom. The van der Waals surface area contributed by atoms with Crippen molar-refractivity contribution in [3.63, 3.8) is 0 Å². The third-order valence-corrected chi connectivity index (χ3v) is 4.56. The monoisotopic (exact) mass is 368 g/mol. The highest BCUT2D eigenvalue weighted by Gasteiger charge is 2.10. The molecule has 0 spiro atoms. The number of hydrogen-bond donors (Lipinski definition) is 2. The van der Waals surface area contributed by atoms with Crippen LogP contribution in [0, 0.1) is 13.8 Å². The van der Waals surface area contributed by atoms with Crippen LogP contribution in [0.25, 0.3) is 0 Å². The number of para-hydroxylation sites is 1. The number of benzene rings is 2. The van der Waals surface area contributed by atoms with Crippen LogP contribution < -0.4 is 15.6 Å². The van der Waals surface area contributed by atoms with E-state index in [9.17, 15) is 0 Å². The van der Waals surface area contributed by atoms with Gasteiger partial charge in [-0.2, -0.15) is 5.10 Å². The first-order chi connectivity index (χ1) is 12.6. The van der Waals surface area contributed by atoms with E-state index in [1.54, 1.807) is 6.21 Å². The smallest absolute Gasteiger partial charge is 0.191 e. The van der Waals surface area contributed by atoms with Crippen LogP contribution >= 0.6 is 12.2 Å². The molecule has 0 bridgehead atoms. The zero-order valence-electron chi connectivity index (χ0n) is 15.2. The molecule has 0 amide bonds. The van der Waals surface area contributed by atoms with Crippen molar-refractivity contribution in [2.75, 3.05) is 36.5 Å². The summed E-state index contributed by atoms with van der Waals surface area (Å²) in [5.41, 5.74) is 8.43. The predicted octanol–water partition coefficient (Wildman–Crippen LogP) is 3.46. The van der Waals surface area contributed by atoms with Crippen molar-refractivity contribution in [3.8, 4) is 0 Å². The number of hydrogen-bond acceptors (Lipinski definition) is 4. The maximum absolute atomic E-state index is 5.39. The molecule has 0 aliphatic carbocycles. The lowest BCUT2D eigenvalue weighted by Crippen LogP contribution is -2.36. The number of thiocarbonyl (C=S) groups is 1. The number of rotatable bonds is 4. The number of anilines is 2. The largest absolute Gasteiger partial charge is 0.378 e. The van der Waals surface area contributed by atoms with E-state index in [2.05, 4.69) is 71.0 Å². The lowest BCUT2D eigenvalue weighted by Gasteiger charge is -2.28. The van der Waals surface area contributed by atoms with Gasteiger partial charge >= 0.3 is 0 Å². The molecule has 3 rings (SSSR count). The van der Waals surface area contributed by atoms with Gasteiger partial charge in [0.2, 0.25) is 0 Å². The fourth-order valence-corrected chi connectivity index (χ4v) is 3.07. The fraction of sp³-hybridized carbons (Fsp3) is 0.300. The second-order valence-corrected chi connectivity index (χ2v) is 6.69. The third-order valence-electron chi connectivity index (χ3n) is 4.37. The Kier molecular flexibility index (Phi) is 6.20. The Bertz CT molecular complexity index is 763. The van der Waals surface area contributed by atoms with Crippen molar-refractivity contribution in [2.45, 2.75) is 13.8 Å². The molecule has 2 aromatic carbocycles. The van der Waals surface area contributed by atoms with Gasteiger partial charge in [0.05, 0.1) is 19.4 Å². The van der Waals surface area contributed by atoms with E-state index in [4.69, 9.17) is 17.0 Å². The van der Waals surface area contributed by atoms with E-state index in [0.29, 0.717) is 5.11 Å². The van der Waals surface area contributed by atoms with E-state index >= 15 is 0 Å². The van der Waals surface area contributed by atoms with Gasteiger partial charge in [-0.3, -0.25) is 5.43 Å². The number of aryl methyl sites for hydroxylation is 2. The van der Waals surface area contributed by atoms with Crippen LogP contribution in [-0.2, 0) is 4.74 Å². The highest BCUT2D eigenvalue weighted by molar-refractivity contribution is 7.80. The van der Waals surface area contributed by atoms with Gasteiger partial charge in [0.25, 0.3) is 0 Å². The molecule has 26 heavy (non-hydrogen) atoms. The Hall–Kier alpha value is -2.44. The average molecular weight is 369 g/mol. The molecule has 6 heteroatoms. The zero-order chi connectivity index (χ0) is 18.4. The molecule has 0 unspecified atom stereocenters. The normalized spacial score (nSPS) is 14.5. The Morgan fingerprint density at radius 1 is 1.08 bits per heavy atom. The van der Waals surface area contributed by atoms with Crippen LogP contribution in [0.4, 0.5) is 11.4 Å². The zero-order valence-corrected chi connectivity index (χ0v) is 16.0. The molecule has 136 valence electrons. The van der Waals surface area contributed by atoms with Crippen LogP contribution in [0.1, 0.15) is 16.7 Å². The molecule has 0 aromatic heterocycles. The first kappa shape index (κ1) is 18.4. The highest BCUT2D eigenvalue weighted by atomic mass is 32.1. The van der Waals surface area contributed by atoms with Crippen molar-refractivity contribution in [1.29, 1.82) is 0 Å². The first-order valence-electron chi connectivity index (χ1n) is 8.72. The van der Waals surface area contributed by atoms with Crippen molar-refractivity contribution < 1.29 is 4.74 Å². The summed E-state index contributed by atoms with van der Waals surface area (Å²) < 4.78 is 5.39. The quantitative estimate of drug-likeness (QED) is 0.492. The Balaban J connectivity index is 1.54. The molecule has 2 aromatic rings. The number of nitrogens with zero attached hydrogens (tertiary/aromatic N) is 2. The summed E-state index contributed by atoms with van der Waals surface area (Å²) in [4.78, 5) is 2.33. The second-order valence-electron chi connectivity index (χ2n) is 6.28. The molecule has 0 atom stereocenters. The van der Waals surface area contributed by atoms with Gasteiger partial charge in [0.15, 0.2) is 5.11 Å². The minimum Gasteiger partial charge on any atom is -0.378 e. The van der Waals surface area contributed by atoms with Crippen LogP contribution in [0.3, 0.4) is 0 Å². The maximum Gasteiger partial charge on any atom is 0.191 e. The summed E-state index contributed by atoms with van der Waals surface area (Å²) in [6.45, 7) is 7.56. The minimum absolute atomic E-state index is 0.476. The summed E-state index contributed by atoms with van der Waals surface area (Å²) in [5, 5.41) is 7.91. The van der Waals surface area contributed by atoms with Gasteiger partial charge in [-0.05, 0) is 54.9 Å². The Morgan fingerprint density at radius 2 is 1.73 bits per heavy atom. The van der Waals surface area contributed by atoms with Crippen LogP contribution in [0.5, 0.6) is 0 Å². The maximum atomic E-state index is 5.39. The van der Waals surface area contributed by atoms with E-state index in [1.807, 2.05) is 6.07 Å². The van der Waals surface area contributed by atoms with Gasteiger partial charge in [-0.1, -0.05) is 30.3 Å². The molecule has 1 aliphatic rings. The summed E-state index contributed by atoms with van der Waals surface area (Å²) >= 11 is 5.32. The van der Waals surface area contributed by atoms with Gasteiger partial charge in [-0.25, -0.2) is 0 Å². The average Bonchev–Trinajstić information content (AvgIpc) is 2.66. The fourth-order valence-electron chi connectivity index (χ4n) is 2.91. The number of hydrazone groups is 1.